The summed E-state index contributed by atoms with van der Waals surface area (Å²) in [6.45, 7) is 2.37. The van der Waals surface area contributed by atoms with E-state index < -0.39 is 0 Å². The van der Waals surface area contributed by atoms with Crippen LogP contribution in [0.5, 0.6) is 0 Å². The van der Waals surface area contributed by atoms with E-state index in [-0.39, 0.29) is 12.0 Å². The molecule has 1 aromatic rings. The minimum atomic E-state index is -0.184. The topological polar surface area (TPSA) is 44.9 Å². The Balaban J connectivity index is 1.59. The Morgan fingerprint density at radius 3 is 2.89 bits per heavy atom. The summed E-state index contributed by atoms with van der Waals surface area (Å²) in [5.74, 6) is 0.0370. The summed E-state index contributed by atoms with van der Waals surface area (Å²) in [6, 6.07) is 10.8. The van der Waals surface area contributed by atoms with Crippen LogP contribution in [0.25, 0.3) is 0 Å². The molecule has 2 atom stereocenters. The zero-order valence-electron chi connectivity index (χ0n) is 10.3. The molecule has 0 aromatic heterocycles. The fourth-order valence-electron chi connectivity index (χ4n) is 2.54. The standard InChI is InChI=1S/C14H18N2O2/c17-14(13-10-18-13)15-9-12-7-4-8-16(12)11-5-2-1-3-6-11/h1-3,5-6,12-13H,4,7-10H2,(H,15,17). The molecule has 1 N–H and O–H groups in total. The summed E-state index contributed by atoms with van der Waals surface area (Å²) in [4.78, 5) is 13.9. The lowest BCUT2D eigenvalue weighted by Gasteiger charge is -2.27. The molecule has 2 saturated heterocycles. The average molecular weight is 246 g/mol. The maximum atomic E-state index is 11.6. The molecule has 2 fully saturated rings. The van der Waals surface area contributed by atoms with Crippen LogP contribution in [-0.2, 0) is 9.53 Å². The molecule has 4 nitrogen and oxygen atoms in total. The van der Waals surface area contributed by atoms with Gasteiger partial charge in [-0.25, -0.2) is 0 Å². The molecule has 0 aliphatic carbocycles. The number of epoxide rings is 1. The van der Waals surface area contributed by atoms with Crippen LogP contribution in [0.1, 0.15) is 12.8 Å². The minimum Gasteiger partial charge on any atom is -0.367 e. The van der Waals surface area contributed by atoms with Crippen molar-refractivity contribution in [3.63, 3.8) is 0 Å². The van der Waals surface area contributed by atoms with Crippen LogP contribution in [0.2, 0.25) is 0 Å². The van der Waals surface area contributed by atoms with Gasteiger partial charge in [0, 0.05) is 24.8 Å². The normalized spacial score (nSPS) is 26.1. The molecule has 0 radical (unpaired) electrons. The molecule has 0 bridgehead atoms. The highest BCUT2D eigenvalue weighted by molar-refractivity contribution is 5.82. The maximum Gasteiger partial charge on any atom is 0.251 e. The van der Waals surface area contributed by atoms with E-state index in [1.807, 2.05) is 6.07 Å². The predicted octanol–water partition coefficient (Wildman–Crippen LogP) is 1.17. The van der Waals surface area contributed by atoms with Crippen molar-refractivity contribution in [1.82, 2.24) is 5.32 Å². The van der Waals surface area contributed by atoms with Crippen molar-refractivity contribution in [2.75, 3.05) is 24.6 Å². The molecule has 2 aliphatic heterocycles. The molecule has 2 aliphatic rings. The van der Waals surface area contributed by atoms with Crippen LogP contribution in [0.15, 0.2) is 30.3 Å². The van der Waals surface area contributed by atoms with Crippen LogP contribution >= 0.6 is 0 Å². The van der Waals surface area contributed by atoms with Gasteiger partial charge in [0.1, 0.15) is 0 Å². The van der Waals surface area contributed by atoms with Crippen molar-refractivity contribution in [3.05, 3.63) is 30.3 Å². The highest BCUT2D eigenvalue weighted by Crippen LogP contribution is 2.24. The van der Waals surface area contributed by atoms with Crippen LogP contribution in [0.3, 0.4) is 0 Å². The first kappa shape index (κ1) is 11.5. The number of hydrogen-bond acceptors (Lipinski definition) is 3. The zero-order chi connectivity index (χ0) is 12.4. The van der Waals surface area contributed by atoms with Gasteiger partial charge in [-0.1, -0.05) is 18.2 Å². The lowest BCUT2D eigenvalue weighted by Crippen LogP contribution is -2.41. The third-order valence-electron chi connectivity index (χ3n) is 3.60. The third-order valence-corrected chi connectivity index (χ3v) is 3.60. The van der Waals surface area contributed by atoms with Gasteiger partial charge >= 0.3 is 0 Å². The number of nitrogens with zero attached hydrogens (tertiary/aromatic N) is 1. The van der Waals surface area contributed by atoms with Crippen molar-refractivity contribution in [3.8, 4) is 0 Å². The van der Waals surface area contributed by atoms with Gasteiger partial charge in [-0.15, -0.1) is 0 Å². The van der Waals surface area contributed by atoms with Crippen molar-refractivity contribution in [2.45, 2.75) is 25.0 Å². The van der Waals surface area contributed by atoms with Crippen molar-refractivity contribution >= 4 is 11.6 Å². The first-order valence-electron chi connectivity index (χ1n) is 6.55. The number of benzene rings is 1. The SMILES string of the molecule is O=C(NCC1CCCN1c1ccccc1)C1CO1. The lowest BCUT2D eigenvalue weighted by molar-refractivity contribution is -0.122. The summed E-state index contributed by atoms with van der Waals surface area (Å²) in [5.41, 5.74) is 1.25. The average Bonchev–Trinajstić information content (AvgIpc) is 3.16. The van der Waals surface area contributed by atoms with Crippen molar-refractivity contribution in [1.29, 1.82) is 0 Å². The predicted molar refractivity (Wildman–Crippen MR) is 69.6 cm³/mol. The van der Waals surface area contributed by atoms with Gasteiger partial charge in [0.05, 0.1) is 6.61 Å². The van der Waals surface area contributed by atoms with E-state index in [9.17, 15) is 4.79 Å². The fourth-order valence-corrected chi connectivity index (χ4v) is 2.54. The number of amides is 1. The van der Waals surface area contributed by atoms with E-state index in [0.29, 0.717) is 19.2 Å². The number of carbonyl (C=O) groups is 1. The van der Waals surface area contributed by atoms with Gasteiger partial charge in [-0.2, -0.15) is 0 Å². The third kappa shape index (κ3) is 2.48. The van der Waals surface area contributed by atoms with E-state index in [4.69, 9.17) is 4.74 Å². The molecule has 96 valence electrons. The van der Waals surface area contributed by atoms with Gasteiger partial charge in [0.25, 0.3) is 5.91 Å². The van der Waals surface area contributed by atoms with E-state index in [1.165, 1.54) is 12.1 Å². The van der Waals surface area contributed by atoms with Gasteiger partial charge in [-0.3, -0.25) is 4.79 Å². The first-order chi connectivity index (χ1) is 8.84. The molecule has 0 spiro atoms. The highest BCUT2D eigenvalue weighted by atomic mass is 16.6. The fraction of sp³-hybridized carbons (Fsp3) is 0.500. The van der Waals surface area contributed by atoms with Gasteiger partial charge in [0.15, 0.2) is 6.10 Å². The molecule has 1 amide bonds. The second kappa shape index (κ2) is 4.98. The van der Waals surface area contributed by atoms with Crippen LogP contribution in [-0.4, -0.2) is 37.7 Å². The molecule has 0 saturated carbocycles. The van der Waals surface area contributed by atoms with Crippen LogP contribution in [0, 0.1) is 0 Å². The number of ether oxygens (including phenoxy) is 1. The highest BCUT2D eigenvalue weighted by Gasteiger charge is 2.32. The summed E-state index contributed by atoms with van der Waals surface area (Å²) in [6.07, 6.45) is 2.15. The zero-order valence-corrected chi connectivity index (χ0v) is 10.3. The first-order valence-corrected chi connectivity index (χ1v) is 6.55. The second-order valence-corrected chi connectivity index (χ2v) is 4.89. The number of anilines is 1. The molecule has 2 heterocycles. The number of rotatable bonds is 4. The molecule has 1 aromatic carbocycles. The molecular formula is C14H18N2O2. The summed E-state index contributed by atoms with van der Waals surface area (Å²) < 4.78 is 4.97. The number of carbonyl (C=O) groups excluding carboxylic acids is 1. The summed E-state index contributed by atoms with van der Waals surface area (Å²) >= 11 is 0. The van der Waals surface area contributed by atoms with Crippen LogP contribution in [0.4, 0.5) is 5.69 Å². The monoisotopic (exact) mass is 246 g/mol. The van der Waals surface area contributed by atoms with E-state index in [1.54, 1.807) is 0 Å². The summed E-state index contributed by atoms with van der Waals surface area (Å²) in [7, 11) is 0. The molecular weight excluding hydrogens is 228 g/mol. The Kier molecular flexibility index (Phi) is 3.19. The number of hydrogen-bond donors (Lipinski definition) is 1. The molecule has 18 heavy (non-hydrogen) atoms. The summed E-state index contributed by atoms with van der Waals surface area (Å²) in [5, 5.41) is 2.98. The lowest BCUT2D eigenvalue weighted by atomic mass is 10.2. The Hall–Kier alpha value is -1.55. The van der Waals surface area contributed by atoms with Crippen LogP contribution < -0.4 is 10.2 Å². The minimum absolute atomic E-state index is 0.0370. The van der Waals surface area contributed by atoms with E-state index in [0.717, 1.165) is 13.0 Å². The molecule has 3 rings (SSSR count). The smallest absolute Gasteiger partial charge is 0.251 e. The molecule has 4 heteroatoms. The van der Waals surface area contributed by atoms with Gasteiger partial charge in [-0.05, 0) is 25.0 Å². The maximum absolute atomic E-state index is 11.6. The quantitative estimate of drug-likeness (QED) is 0.811. The Labute approximate surface area is 107 Å². The Morgan fingerprint density at radius 2 is 2.17 bits per heavy atom. The largest absolute Gasteiger partial charge is 0.367 e. The van der Waals surface area contributed by atoms with Gasteiger partial charge in [0.2, 0.25) is 0 Å². The van der Waals surface area contributed by atoms with E-state index >= 15 is 0 Å². The van der Waals surface area contributed by atoms with E-state index in [2.05, 4.69) is 34.5 Å². The second-order valence-electron chi connectivity index (χ2n) is 4.89. The number of para-hydroxylation sites is 1. The molecule has 2 unspecified atom stereocenters. The number of nitrogens with one attached hydrogen (secondary N) is 1. The van der Waals surface area contributed by atoms with Crippen molar-refractivity contribution < 1.29 is 9.53 Å². The Morgan fingerprint density at radius 1 is 1.39 bits per heavy atom. The van der Waals surface area contributed by atoms with Crippen molar-refractivity contribution in [2.24, 2.45) is 0 Å². The van der Waals surface area contributed by atoms with Gasteiger partial charge < -0.3 is 15.0 Å². The Bertz CT molecular complexity index is 417.